The van der Waals surface area contributed by atoms with Crippen molar-refractivity contribution in [3.8, 4) is 5.75 Å². The number of nitrogens with zero attached hydrogens (tertiary/aromatic N) is 1. The van der Waals surface area contributed by atoms with Gasteiger partial charge in [0.1, 0.15) is 5.75 Å². The topological polar surface area (TPSA) is 74.8 Å². The Bertz CT molecular complexity index is 917. The van der Waals surface area contributed by atoms with Crippen molar-refractivity contribution in [1.29, 1.82) is 0 Å². The molecule has 2 aliphatic rings. The first-order valence-electron chi connectivity index (χ1n) is 9.88. The number of aromatic amines is 1. The second-order valence-corrected chi connectivity index (χ2v) is 7.65. The molecule has 1 aromatic heterocycles. The number of hydrogen-bond acceptors (Lipinski definition) is 5. The molecule has 0 radical (unpaired) electrons. The number of methoxy groups -OCH3 is 2. The molecule has 28 heavy (non-hydrogen) atoms. The van der Waals surface area contributed by atoms with E-state index in [1.807, 2.05) is 19.1 Å². The Balaban J connectivity index is 1.76. The second-order valence-electron chi connectivity index (χ2n) is 7.65. The molecule has 0 amide bonds. The molecular formula is C22H28N2O4. The van der Waals surface area contributed by atoms with Crippen LogP contribution < -0.4 is 4.74 Å². The van der Waals surface area contributed by atoms with E-state index in [2.05, 4.69) is 22.0 Å². The zero-order valence-electron chi connectivity index (χ0n) is 16.7. The molecule has 2 aliphatic heterocycles. The third kappa shape index (κ3) is 2.91. The lowest BCUT2D eigenvalue weighted by Crippen LogP contribution is -2.45. The Morgan fingerprint density at radius 1 is 1.43 bits per heavy atom. The number of esters is 1. The number of hydrogen-bond donors (Lipinski definition) is 2. The molecule has 1 aromatic carbocycles. The van der Waals surface area contributed by atoms with Gasteiger partial charge in [-0.15, -0.1) is 0 Å². The number of nitrogens with one attached hydrogen (secondary N) is 1. The zero-order valence-corrected chi connectivity index (χ0v) is 16.7. The van der Waals surface area contributed by atoms with Gasteiger partial charge < -0.3 is 19.6 Å². The molecule has 6 nitrogen and oxygen atoms in total. The quantitative estimate of drug-likeness (QED) is 0.626. The lowest BCUT2D eigenvalue weighted by atomic mass is 9.75. The lowest BCUT2D eigenvalue weighted by Gasteiger charge is -2.45. The summed E-state index contributed by atoms with van der Waals surface area (Å²) < 4.78 is 10.6. The SMILES string of the molecule is C/C=C1/CN2CCc3c([nH]c4cccc(OC)c34)[C@@H]2C[C@@H]1[C@@H](CO)C(=O)OC. The minimum Gasteiger partial charge on any atom is -0.496 e. The van der Waals surface area contributed by atoms with Crippen molar-refractivity contribution in [2.45, 2.75) is 25.8 Å². The summed E-state index contributed by atoms with van der Waals surface area (Å²) in [5.41, 5.74) is 4.83. The minimum absolute atomic E-state index is 0.0250. The van der Waals surface area contributed by atoms with E-state index in [-0.39, 0.29) is 24.5 Å². The molecule has 150 valence electrons. The standard InChI is InChI=1S/C22H28N2O4/c1-4-13-11-24-9-8-14-20-17(6-5-7-19(20)27-2)23-21(14)18(24)10-15(13)16(12-25)22(26)28-3/h4-7,15-16,18,23,25H,8-12H2,1-3H3/b13-4-/t15-,16+,18-/m0/s1. The van der Waals surface area contributed by atoms with E-state index in [1.54, 1.807) is 7.11 Å². The van der Waals surface area contributed by atoms with E-state index in [4.69, 9.17) is 9.47 Å². The predicted octanol–water partition coefficient (Wildman–Crippen LogP) is 2.82. The summed E-state index contributed by atoms with van der Waals surface area (Å²) in [5.74, 6) is 0.00740. The van der Waals surface area contributed by atoms with Crippen LogP contribution in [-0.2, 0) is 16.0 Å². The summed E-state index contributed by atoms with van der Waals surface area (Å²) in [4.78, 5) is 18.4. The van der Waals surface area contributed by atoms with Crippen molar-refractivity contribution in [1.82, 2.24) is 9.88 Å². The van der Waals surface area contributed by atoms with Crippen LogP contribution in [-0.4, -0.2) is 54.9 Å². The molecule has 1 saturated heterocycles. The van der Waals surface area contributed by atoms with Crippen LogP contribution in [0.2, 0.25) is 0 Å². The van der Waals surface area contributed by atoms with Crippen molar-refractivity contribution in [2.75, 3.05) is 33.9 Å². The summed E-state index contributed by atoms with van der Waals surface area (Å²) >= 11 is 0. The van der Waals surface area contributed by atoms with E-state index in [0.717, 1.165) is 37.2 Å². The van der Waals surface area contributed by atoms with Gasteiger partial charge in [0.15, 0.2) is 0 Å². The van der Waals surface area contributed by atoms with Crippen LogP contribution in [0.5, 0.6) is 5.75 Å². The molecule has 3 atom stereocenters. The third-order valence-corrected chi connectivity index (χ3v) is 6.46. The van der Waals surface area contributed by atoms with E-state index in [9.17, 15) is 9.90 Å². The second kappa shape index (κ2) is 7.60. The molecule has 0 spiro atoms. The highest BCUT2D eigenvalue weighted by Crippen LogP contribution is 2.46. The number of rotatable bonds is 4. The van der Waals surface area contributed by atoms with Crippen LogP contribution in [0.4, 0.5) is 0 Å². The number of carbonyl (C=O) groups excluding carboxylic acids is 1. The third-order valence-electron chi connectivity index (χ3n) is 6.46. The van der Waals surface area contributed by atoms with Gasteiger partial charge in [0, 0.05) is 29.7 Å². The van der Waals surface area contributed by atoms with Crippen molar-refractivity contribution in [3.63, 3.8) is 0 Å². The van der Waals surface area contributed by atoms with Crippen molar-refractivity contribution >= 4 is 16.9 Å². The van der Waals surface area contributed by atoms with Gasteiger partial charge in [0.05, 0.1) is 32.8 Å². The Labute approximate surface area is 165 Å². The fourth-order valence-corrected chi connectivity index (χ4v) is 5.06. The zero-order chi connectivity index (χ0) is 19.8. The number of piperidine rings is 1. The van der Waals surface area contributed by atoms with E-state index in [0.29, 0.717) is 0 Å². The first-order valence-corrected chi connectivity index (χ1v) is 9.88. The van der Waals surface area contributed by atoms with Gasteiger partial charge in [0.2, 0.25) is 0 Å². The van der Waals surface area contributed by atoms with Crippen molar-refractivity contribution < 1.29 is 19.4 Å². The number of benzene rings is 1. The molecule has 0 bridgehead atoms. The van der Waals surface area contributed by atoms with Crippen LogP contribution >= 0.6 is 0 Å². The molecule has 2 aromatic rings. The average molecular weight is 384 g/mol. The Hall–Kier alpha value is -2.31. The highest BCUT2D eigenvalue weighted by Gasteiger charge is 2.42. The van der Waals surface area contributed by atoms with E-state index >= 15 is 0 Å². The normalized spacial score (nSPS) is 24.6. The maximum absolute atomic E-state index is 12.3. The predicted molar refractivity (Wildman–Crippen MR) is 107 cm³/mol. The molecule has 2 N–H and O–H groups in total. The van der Waals surface area contributed by atoms with Gasteiger partial charge in [-0.2, -0.15) is 0 Å². The maximum atomic E-state index is 12.3. The monoisotopic (exact) mass is 384 g/mol. The molecular weight excluding hydrogens is 356 g/mol. The maximum Gasteiger partial charge on any atom is 0.311 e. The Kier molecular flexibility index (Phi) is 5.17. The number of aliphatic hydroxyl groups is 1. The molecule has 6 heteroatoms. The summed E-state index contributed by atoms with van der Waals surface area (Å²) in [5, 5.41) is 11.1. The lowest BCUT2D eigenvalue weighted by molar-refractivity contribution is -0.149. The first-order chi connectivity index (χ1) is 13.6. The van der Waals surface area contributed by atoms with Crippen LogP contribution in [0.15, 0.2) is 29.8 Å². The number of H-pyrrole nitrogens is 1. The van der Waals surface area contributed by atoms with Gasteiger partial charge in [-0.3, -0.25) is 9.69 Å². The summed E-state index contributed by atoms with van der Waals surface area (Å²) in [6.07, 6.45) is 3.84. The number of ether oxygens (including phenoxy) is 2. The van der Waals surface area contributed by atoms with Crippen molar-refractivity contribution in [2.24, 2.45) is 11.8 Å². The largest absolute Gasteiger partial charge is 0.496 e. The van der Waals surface area contributed by atoms with Crippen LogP contribution in [0.25, 0.3) is 10.9 Å². The first kappa shape index (κ1) is 19.0. The molecule has 1 fully saturated rings. The Morgan fingerprint density at radius 2 is 2.25 bits per heavy atom. The smallest absolute Gasteiger partial charge is 0.311 e. The molecule has 0 aliphatic carbocycles. The highest BCUT2D eigenvalue weighted by atomic mass is 16.5. The number of allylic oxidation sites excluding steroid dienone is 1. The number of fused-ring (bicyclic) bond motifs is 5. The van der Waals surface area contributed by atoms with Crippen LogP contribution in [0, 0.1) is 11.8 Å². The van der Waals surface area contributed by atoms with Gasteiger partial charge in [0.25, 0.3) is 0 Å². The number of carbonyl (C=O) groups is 1. The molecule has 0 saturated carbocycles. The average Bonchev–Trinajstić information content (AvgIpc) is 3.12. The molecule has 3 heterocycles. The Morgan fingerprint density at radius 3 is 2.93 bits per heavy atom. The summed E-state index contributed by atoms with van der Waals surface area (Å²) in [6.45, 7) is 3.59. The van der Waals surface area contributed by atoms with Gasteiger partial charge in [-0.25, -0.2) is 0 Å². The fourth-order valence-electron chi connectivity index (χ4n) is 5.06. The van der Waals surface area contributed by atoms with Gasteiger partial charge >= 0.3 is 5.97 Å². The number of aliphatic hydroxyl groups excluding tert-OH is 1. The van der Waals surface area contributed by atoms with Gasteiger partial charge in [-0.1, -0.05) is 17.7 Å². The van der Waals surface area contributed by atoms with E-state index in [1.165, 1.54) is 29.3 Å². The number of aromatic nitrogens is 1. The van der Waals surface area contributed by atoms with Gasteiger partial charge in [-0.05, 0) is 43.4 Å². The van der Waals surface area contributed by atoms with Crippen molar-refractivity contribution in [3.05, 3.63) is 41.1 Å². The highest BCUT2D eigenvalue weighted by molar-refractivity contribution is 5.91. The fraction of sp³-hybridized carbons (Fsp3) is 0.500. The molecule has 0 unspecified atom stereocenters. The summed E-state index contributed by atoms with van der Waals surface area (Å²) in [6, 6.07) is 6.28. The molecule has 4 rings (SSSR count). The minimum atomic E-state index is -0.525. The summed E-state index contributed by atoms with van der Waals surface area (Å²) in [7, 11) is 3.10. The van der Waals surface area contributed by atoms with E-state index < -0.39 is 5.92 Å². The van der Waals surface area contributed by atoms with Crippen LogP contribution in [0.3, 0.4) is 0 Å². The van der Waals surface area contributed by atoms with Crippen LogP contribution in [0.1, 0.15) is 30.6 Å².